The van der Waals surface area contributed by atoms with E-state index in [4.69, 9.17) is 0 Å². The minimum Gasteiger partial charge on any atom is -0.508 e. The van der Waals surface area contributed by atoms with Gasteiger partial charge in [0.15, 0.2) is 0 Å². The molecule has 0 spiro atoms. The van der Waals surface area contributed by atoms with Crippen LogP contribution in [0.25, 0.3) is 0 Å². The van der Waals surface area contributed by atoms with Gasteiger partial charge in [-0.25, -0.2) is 0 Å². The van der Waals surface area contributed by atoms with Gasteiger partial charge in [0.1, 0.15) is 5.75 Å². The van der Waals surface area contributed by atoms with E-state index in [1.54, 1.807) is 12.1 Å². The Balaban J connectivity index is 1.44. The molecule has 2 aromatic carbocycles. The molecule has 2 aromatic rings. The Labute approximate surface area is 149 Å². The molecule has 1 heterocycles. The first kappa shape index (κ1) is 17.5. The number of fused-ring (bicyclic) bond motifs is 1. The van der Waals surface area contributed by atoms with Gasteiger partial charge in [-0.15, -0.1) is 0 Å². The zero-order chi connectivity index (χ0) is 17.6. The molecule has 0 saturated carbocycles. The molecule has 1 aliphatic rings. The molecule has 0 aliphatic carbocycles. The van der Waals surface area contributed by atoms with Crippen LogP contribution >= 0.6 is 0 Å². The molecule has 1 atom stereocenters. The number of nitrogens with zero attached hydrogens (tertiary/aromatic N) is 1. The van der Waals surface area contributed by atoms with E-state index >= 15 is 0 Å². The van der Waals surface area contributed by atoms with Crippen LogP contribution in [0.2, 0.25) is 0 Å². The van der Waals surface area contributed by atoms with E-state index in [0.29, 0.717) is 25.4 Å². The first-order valence-electron chi connectivity index (χ1n) is 8.98. The van der Waals surface area contributed by atoms with Gasteiger partial charge >= 0.3 is 0 Å². The summed E-state index contributed by atoms with van der Waals surface area (Å²) in [6, 6.07) is 16.1. The summed E-state index contributed by atoms with van der Waals surface area (Å²) in [5.41, 5.74) is 3.66. The van der Waals surface area contributed by atoms with Crippen LogP contribution in [0.4, 0.5) is 0 Å². The lowest BCUT2D eigenvalue weighted by atomic mass is 9.99. The maximum atomic E-state index is 12.1. The van der Waals surface area contributed by atoms with Gasteiger partial charge in [-0.3, -0.25) is 9.69 Å². The van der Waals surface area contributed by atoms with E-state index in [0.717, 1.165) is 25.1 Å². The van der Waals surface area contributed by atoms with Gasteiger partial charge in [-0.2, -0.15) is 0 Å². The highest BCUT2D eigenvalue weighted by atomic mass is 16.3. The average Bonchev–Trinajstić information content (AvgIpc) is 2.65. The van der Waals surface area contributed by atoms with Gasteiger partial charge in [0.2, 0.25) is 5.91 Å². The zero-order valence-electron chi connectivity index (χ0n) is 14.7. The maximum Gasteiger partial charge on any atom is 0.220 e. The van der Waals surface area contributed by atoms with Gasteiger partial charge in [-0.05, 0) is 42.5 Å². The first-order valence-corrected chi connectivity index (χ1v) is 8.98. The summed E-state index contributed by atoms with van der Waals surface area (Å²) in [5, 5.41) is 12.8. The van der Waals surface area contributed by atoms with Crippen LogP contribution in [0, 0.1) is 0 Å². The van der Waals surface area contributed by atoms with Crippen molar-refractivity contribution in [3.05, 3.63) is 65.2 Å². The minimum atomic E-state index is 0.0347. The maximum absolute atomic E-state index is 12.1. The normalized spacial score (nSPS) is 15.4. The van der Waals surface area contributed by atoms with Crippen molar-refractivity contribution in [2.24, 2.45) is 0 Å². The molecule has 0 radical (unpaired) electrons. The minimum absolute atomic E-state index is 0.0347. The van der Waals surface area contributed by atoms with Crippen molar-refractivity contribution in [2.75, 3.05) is 13.1 Å². The smallest absolute Gasteiger partial charge is 0.220 e. The number of hydrogen-bond acceptors (Lipinski definition) is 3. The van der Waals surface area contributed by atoms with Crippen molar-refractivity contribution in [2.45, 2.75) is 38.8 Å². The van der Waals surface area contributed by atoms with E-state index in [1.165, 1.54) is 11.1 Å². The third-order valence-electron chi connectivity index (χ3n) is 4.99. The number of para-hydroxylation sites is 1. The Morgan fingerprint density at radius 2 is 1.88 bits per heavy atom. The van der Waals surface area contributed by atoms with Gasteiger partial charge in [0, 0.05) is 32.1 Å². The topological polar surface area (TPSA) is 52.6 Å². The highest BCUT2D eigenvalue weighted by Crippen LogP contribution is 2.20. The number of carbonyl (C=O) groups excluding carboxylic acids is 1. The van der Waals surface area contributed by atoms with Crippen molar-refractivity contribution in [3.63, 3.8) is 0 Å². The molecule has 3 rings (SSSR count). The highest BCUT2D eigenvalue weighted by molar-refractivity contribution is 5.76. The fourth-order valence-electron chi connectivity index (χ4n) is 3.34. The predicted molar refractivity (Wildman–Crippen MR) is 99.5 cm³/mol. The van der Waals surface area contributed by atoms with Gasteiger partial charge in [0.05, 0.1) is 0 Å². The SMILES string of the molecule is CC(CNC(=O)CCc1ccccc1O)N1CCc2ccccc2C1. The third kappa shape index (κ3) is 4.60. The molecule has 1 aliphatic heterocycles. The monoisotopic (exact) mass is 338 g/mol. The van der Waals surface area contributed by atoms with E-state index in [2.05, 4.69) is 41.4 Å². The summed E-state index contributed by atoms with van der Waals surface area (Å²) >= 11 is 0. The largest absolute Gasteiger partial charge is 0.508 e. The zero-order valence-corrected chi connectivity index (χ0v) is 14.7. The number of nitrogens with one attached hydrogen (secondary N) is 1. The van der Waals surface area contributed by atoms with Crippen LogP contribution in [-0.4, -0.2) is 35.0 Å². The number of amides is 1. The lowest BCUT2D eigenvalue weighted by Crippen LogP contribution is -2.44. The number of phenols is 1. The lowest BCUT2D eigenvalue weighted by molar-refractivity contribution is -0.121. The second-order valence-corrected chi connectivity index (χ2v) is 6.77. The Morgan fingerprint density at radius 1 is 1.16 bits per heavy atom. The highest BCUT2D eigenvalue weighted by Gasteiger charge is 2.20. The van der Waals surface area contributed by atoms with Crippen molar-refractivity contribution in [1.82, 2.24) is 10.2 Å². The molecular formula is C21H26N2O2. The molecule has 1 amide bonds. The Morgan fingerprint density at radius 3 is 2.68 bits per heavy atom. The third-order valence-corrected chi connectivity index (χ3v) is 4.99. The number of phenolic OH excluding ortho intramolecular Hbond substituents is 1. The summed E-state index contributed by atoms with van der Waals surface area (Å²) in [6.07, 6.45) is 2.03. The second kappa shape index (κ2) is 8.17. The summed E-state index contributed by atoms with van der Waals surface area (Å²) in [4.78, 5) is 14.5. The number of benzene rings is 2. The van der Waals surface area contributed by atoms with Crippen molar-refractivity contribution >= 4 is 5.91 Å². The molecule has 0 aromatic heterocycles. The van der Waals surface area contributed by atoms with Crippen LogP contribution in [0.1, 0.15) is 30.0 Å². The van der Waals surface area contributed by atoms with Gasteiger partial charge < -0.3 is 10.4 Å². The molecule has 1 unspecified atom stereocenters. The second-order valence-electron chi connectivity index (χ2n) is 6.77. The molecular weight excluding hydrogens is 312 g/mol. The van der Waals surface area contributed by atoms with Crippen LogP contribution < -0.4 is 5.32 Å². The van der Waals surface area contributed by atoms with E-state index in [1.807, 2.05) is 12.1 Å². The standard InChI is InChI=1S/C21H26N2O2/c1-16(23-13-12-17-6-2-3-8-19(17)15-23)14-22-21(25)11-10-18-7-4-5-9-20(18)24/h2-9,16,24H,10-15H2,1H3,(H,22,25). The summed E-state index contributed by atoms with van der Waals surface area (Å²) in [5.74, 6) is 0.295. The van der Waals surface area contributed by atoms with E-state index in [9.17, 15) is 9.90 Å². The molecule has 4 heteroatoms. The fourth-order valence-corrected chi connectivity index (χ4v) is 3.34. The molecule has 2 N–H and O–H groups in total. The number of rotatable bonds is 6. The van der Waals surface area contributed by atoms with Crippen molar-refractivity contribution < 1.29 is 9.90 Å². The van der Waals surface area contributed by atoms with Crippen LogP contribution in [0.3, 0.4) is 0 Å². The van der Waals surface area contributed by atoms with Gasteiger partial charge in [-0.1, -0.05) is 42.5 Å². The molecule has 25 heavy (non-hydrogen) atoms. The first-order chi connectivity index (χ1) is 12.1. The number of carbonyl (C=O) groups is 1. The summed E-state index contributed by atoms with van der Waals surface area (Å²) in [6.45, 7) is 4.80. The van der Waals surface area contributed by atoms with Gasteiger partial charge in [0.25, 0.3) is 0 Å². The summed E-state index contributed by atoms with van der Waals surface area (Å²) < 4.78 is 0. The molecule has 132 valence electrons. The van der Waals surface area contributed by atoms with E-state index < -0.39 is 0 Å². The Hall–Kier alpha value is -2.33. The quantitative estimate of drug-likeness (QED) is 0.851. The predicted octanol–water partition coefficient (Wildman–Crippen LogP) is 2.89. The van der Waals surface area contributed by atoms with Crippen LogP contribution in [-0.2, 0) is 24.2 Å². The number of aromatic hydroxyl groups is 1. The summed E-state index contributed by atoms with van der Waals surface area (Å²) in [7, 11) is 0. The van der Waals surface area contributed by atoms with E-state index in [-0.39, 0.29) is 11.7 Å². The van der Waals surface area contributed by atoms with Crippen LogP contribution in [0.5, 0.6) is 5.75 Å². The number of hydrogen-bond donors (Lipinski definition) is 2. The van der Waals surface area contributed by atoms with Crippen molar-refractivity contribution in [3.8, 4) is 5.75 Å². The lowest BCUT2D eigenvalue weighted by Gasteiger charge is -2.33. The fraction of sp³-hybridized carbons (Fsp3) is 0.381. The molecule has 0 bridgehead atoms. The van der Waals surface area contributed by atoms with Crippen LogP contribution in [0.15, 0.2) is 48.5 Å². The molecule has 0 fully saturated rings. The number of aryl methyl sites for hydroxylation is 1. The van der Waals surface area contributed by atoms with Crippen molar-refractivity contribution in [1.29, 1.82) is 0 Å². The molecule has 0 saturated heterocycles. The Bertz CT molecular complexity index is 729. The Kier molecular flexibility index (Phi) is 5.71. The molecule has 4 nitrogen and oxygen atoms in total. The average molecular weight is 338 g/mol.